The molecule has 1 amide bonds. The van der Waals surface area contributed by atoms with Crippen molar-refractivity contribution in [1.29, 1.82) is 0 Å². The lowest BCUT2D eigenvalue weighted by atomic mass is 10.1. The van der Waals surface area contributed by atoms with Crippen molar-refractivity contribution < 1.29 is 4.79 Å². The second kappa shape index (κ2) is 5.61. The predicted molar refractivity (Wildman–Crippen MR) is 89.1 cm³/mol. The van der Waals surface area contributed by atoms with E-state index in [0.29, 0.717) is 5.15 Å². The molecule has 22 heavy (non-hydrogen) atoms. The Balaban J connectivity index is 1.87. The molecule has 0 saturated heterocycles. The van der Waals surface area contributed by atoms with E-state index in [4.69, 9.17) is 11.6 Å². The first-order valence-electron chi connectivity index (χ1n) is 7.27. The Kier molecular flexibility index (Phi) is 3.79. The van der Waals surface area contributed by atoms with Crippen molar-refractivity contribution in [2.75, 3.05) is 4.90 Å². The highest BCUT2D eigenvalue weighted by atomic mass is 35.5. The maximum Gasteiger partial charge on any atom is 0.251 e. The number of aryl methyl sites for hydroxylation is 2. The van der Waals surface area contributed by atoms with E-state index in [9.17, 15) is 4.79 Å². The van der Waals surface area contributed by atoms with Crippen molar-refractivity contribution >= 4 is 29.3 Å². The SMILES string of the molecule is Cc1nn(C)c(Cl)c1/C=C/C(=O)N1c2ccccc2CC1C. The van der Waals surface area contributed by atoms with Crippen LogP contribution in [0.5, 0.6) is 0 Å². The zero-order valence-corrected chi connectivity index (χ0v) is 13.6. The smallest absolute Gasteiger partial charge is 0.251 e. The summed E-state index contributed by atoms with van der Waals surface area (Å²) in [5, 5.41) is 4.78. The molecule has 1 aliphatic rings. The fourth-order valence-electron chi connectivity index (χ4n) is 2.97. The van der Waals surface area contributed by atoms with Crippen molar-refractivity contribution in [2.24, 2.45) is 7.05 Å². The molecule has 1 aliphatic heterocycles. The summed E-state index contributed by atoms with van der Waals surface area (Å²) < 4.78 is 1.61. The van der Waals surface area contributed by atoms with Crippen LogP contribution < -0.4 is 4.90 Å². The molecule has 3 rings (SSSR count). The highest BCUT2D eigenvalue weighted by Crippen LogP contribution is 2.32. The first-order valence-corrected chi connectivity index (χ1v) is 7.65. The quantitative estimate of drug-likeness (QED) is 0.797. The molecule has 0 fully saturated rings. The van der Waals surface area contributed by atoms with Gasteiger partial charge in [-0.05, 0) is 38.0 Å². The fourth-order valence-corrected chi connectivity index (χ4v) is 3.21. The molecule has 1 unspecified atom stereocenters. The molecule has 0 aliphatic carbocycles. The van der Waals surface area contributed by atoms with Crippen molar-refractivity contribution in [1.82, 2.24) is 9.78 Å². The zero-order chi connectivity index (χ0) is 15.9. The molecule has 4 nitrogen and oxygen atoms in total. The molecule has 5 heteroatoms. The van der Waals surface area contributed by atoms with Gasteiger partial charge in [-0.1, -0.05) is 29.8 Å². The number of fused-ring (bicyclic) bond motifs is 1. The van der Waals surface area contributed by atoms with E-state index in [1.807, 2.05) is 30.0 Å². The molecule has 0 radical (unpaired) electrons. The third kappa shape index (κ3) is 2.44. The summed E-state index contributed by atoms with van der Waals surface area (Å²) in [6.07, 6.45) is 4.22. The first kappa shape index (κ1) is 14.9. The Morgan fingerprint density at radius 2 is 2.14 bits per heavy atom. The summed E-state index contributed by atoms with van der Waals surface area (Å²) in [4.78, 5) is 14.4. The van der Waals surface area contributed by atoms with Gasteiger partial charge in [-0.2, -0.15) is 5.10 Å². The zero-order valence-electron chi connectivity index (χ0n) is 12.9. The lowest BCUT2D eigenvalue weighted by Crippen LogP contribution is -2.34. The van der Waals surface area contributed by atoms with Gasteiger partial charge in [0.15, 0.2) is 0 Å². The molecule has 114 valence electrons. The lowest BCUT2D eigenvalue weighted by Gasteiger charge is -2.20. The third-order valence-electron chi connectivity index (χ3n) is 4.03. The van der Waals surface area contributed by atoms with Crippen LogP contribution in [0.4, 0.5) is 5.69 Å². The Bertz CT molecular complexity index is 763. The number of amides is 1. The van der Waals surface area contributed by atoms with Crippen LogP contribution in [0.2, 0.25) is 5.15 Å². The molecular weight excluding hydrogens is 298 g/mol. The number of carbonyl (C=O) groups excluding carboxylic acids is 1. The molecular formula is C17H18ClN3O. The van der Waals surface area contributed by atoms with Crippen molar-refractivity contribution in [3.63, 3.8) is 0 Å². The van der Waals surface area contributed by atoms with Crippen LogP contribution in [-0.2, 0) is 18.3 Å². The van der Waals surface area contributed by atoms with Crippen LogP contribution in [0.25, 0.3) is 6.08 Å². The number of benzene rings is 1. The average Bonchev–Trinajstić information content (AvgIpc) is 2.93. The summed E-state index contributed by atoms with van der Waals surface area (Å²) in [6.45, 7) is 3.94. The van der Waals surface area contributed by atoms with Gasteiger partial charge in [0, 0.05) is 30.4 Å². The molecule has 0 spiro atoms. The summed E-state index contributed by atoms with van der Waals surface area (Å²) in [6, 6.07) is 8.20. The van der Waals surface area contributed by atoms with Crippen LogP contribution in [0.3, 0.4) is 0 Å². The van der Waals surface area contributed by atoms with Crippen LogP contribution >= 0.6 is 11.6 Å². The van der Waals surface area contributed by atoms with Gasteiger partial charge in [0.2, 0.25) is 0 Å². The standard InChI is InChI=1S/C17H18ClN3O/c1-11-10-13-6-4-5-7-15(13)21(11)16(22)9-8-14-12(2)19-20(3)17(14)18/h4-9,11H,10H2,1-3H3/b9-8+. The predicted octanol–water partition coefficient (Wildman–Crippen LogP) is 3.37. The number of aromatic nitrogens is 2. The average molecular weight is 316 g/mol. The molecule has 2 heterocycles. The number of carbonyl (C=O) groups is 1. The van der Waals surface area contributed by atoms with E-state index >= 15 is 0 Å². The van der Waals surface area contributed by atoms with E-state index in [1.165, 1.54) is 5.56 Å². The number of nitrogens with zero attached hydrogens (tertiary/aromatic N) is 3. The summed E-state index contributed by atoms with van der Waals surface area (Å²) in [5.41, 5.74) is 3.81. The number of hydrogen-bond donors (Lipinski definition) is 0. The van der Waals surface area contributed by atoms with Crippen LogP contribution in [0.1, 0.15) is 23.7 Å². The van der Waals surface area contributed by atoms with Gasteiger partial charge in [0.25, 0.3) is 5.91 Å². The van der Waals surface area contributed by atoms with Crippen LogP contribution in [0.15, 0.2) is 30.3 Å². The Hall–Kier alpha value is -2.07. The van der Waals surface area contributed by atoms with Gasteiger partial charge in [-0.25, -0.2) is 0 Å². The maximum absolute atomic E-state index is 12.6. The van der Waals surface area contributed by atoms with Gasteiger partial charge in [0.1, 0.15) is 5.15 Å². The van der Waals surface area contributed by atoms with Crippen molar-refractivity contribution in [3.8, 4) is 0 Å². The molecule has 1 atom stereocenters. The second-order valence-electron chi connectivity index (χ2n) is 5.64. The molecule has 0 saturated carbocycles. The van der Waals surface area contributed by atoms with Crippen LogP contribution in [0, 0.1) is 6.92 Å². The van der Waals surface area contributed by atoms with E-state index in [0.717, 1.165) is 23.4 Å². The van der Waals surface area contributed by atoms with Crippen molar-refractivity contribution in [3.05, 3.63) is 52.3 Å². The lowest BCUT2D eigenvalue weighted by molar-refractivity contribution is -0.114. The molecule has 0 N–H and O–H groups in total. The molecule has 1 aromatic carbocycles. The van der Waals surface area contributed by atoms with Gasteiger partial charge < -0.3 is 4.90 Å². The molecule has 0 bridgehead atoms. The summed E-state index contributed by atoms with van der Waals surface area (Å²) in [5.74, 6) is -0.0308. The number of para-hydroxylation sites is 1. The summed E-state index contributed by atoms with van der Waals surface area (Å²) >= 11 is 6.19. The van der Waals surface area contributed by atoms with Crippen LogP contribution in [-0.4, -0.2) is 21.7 Å². The molecule has 1 aromatic heterocycles. The second-order valence-corrected chi connectivity index (χ2v) is 5.99. The highest BCUT2D eigenvalue weighted by Gasteiger charge is 2.29. The molecule has 2 aromatic rings. The van der Waals surface area contributed by atoms with Crippen molar-refractivity contribution in [2.45, 2.75) is 26.3 Å². The van der Waals surface area contributed by atoms with Gasteiger partial charge in [0.05, 0.1) is 5.69 Å². The van der Waals surface area contributed by atoms with E-state index in [1.54, 1.807) is 23.9 Å². The Morgan fingerprint density at radius 1 is 1.41 bits per heavy atom. The van der Waals surface area contributed by atoms with Gasteiger partial charge in [-0.3, -0.25) is 9.48 Å². The minimum absolute atomic E-state index is 0.0308. The minimum Gasteiger partial charge on any atom is -0.305 e. The van der Waals surface area contributed by atoms with E-state index in [2.05, 4.69) is 18.1 Å². The highest BCUT2D eigenvalue weighted by molar-refractivity contribution is 6.31. The van der Waals surface area contributed by atoms with E-state index < -0.39 is 0 Å². The fraction of sp³-hybridized carbons (Fsp3) is 0.294. The Labute approximate surface area is 135 Å². The largest absolute Gasteiger partial charge is 0.305 e. The number of rotatable bonds is 2. The monoisotopic (exact) mass is 315 g/mol. The van der Waals surface area contributed by atoms with Gasteiger partial charge >= 0.3 is 0 Å². The number of halogens is 1. The minimum atomic E-state index is -0.0308. The number of hydrogen-bond acceptors (Lipinski definition) is 2. The third-order valence-corrected chi connectivity index (χ3v) is 4.48. The normalized spacial score (nSPS) is 17.3. The van der Waals surface area contributed by atoms with E-state index in [-0.39, 0.29) is 11.9 Å². The number of anilines is 1. The van der Waals surface area contributed by atoms with Gasteiger partial charge in [-0.15, -0.1) is 0 Å². The Morgan fingerprint density at radius 3 is 2.82 bits per heavy atom. The summed E-state index contributed by atoms with van der Waals surface area (Å²) in [7, 11) is 1.79. The maximum atomic E-state index is 12.6. The first-order chi connectivity index (χ1) is 10.5. The topological polar surface area (TPSA) is 38.1 Å².